The predicted molar refractivity (Wildman–Crippen MR) is 70.1 cm³/mol. The molecule has 0 aliphatic carbocycles. The van der Waals surface area contributed by atoms with Gasteiger partial charge < -0.3 is 4.74 Å². The van der Waals surface area contributed by atoms with E-state index in [2.05, 4.69) is 9.46 Å². The monoisotopic (exact) mass is 291 g/mol. The summed E-state index contributed by atoms with van der Waals surface area (Å²) >= 11 is 5.84. The highest BCUT2D eigenvalue weighted by atomic mass is 35.5. The lowest BCUT2D eigenvalue weighted by Crippen LogP contribution is -2.17. The number of rotatable bonds is 6. The first kappa shape index (κ1) is 14.8. The van der Waals surface area contributed by atoms with Crippen LogP contribution in [-0.4, -0.2) is 27.2 Å². The molecule has 100 valence electrons. The number of hydrogen-bond donors (Lipinski definition) is 1. The van der Waals surface area contributed by atoms with Gasteiger partial charge in [0.25, 0.3) is 0 Å². The van der Waals surface area contributed by atoms with Gasteiger partial charge >= 0.3 is 5.97 Å². The molecule has 0 unspecified atom stereocenters. The number of methoxy groups -OCH3 is 1. The second-order valence-corrected chi connectivity index (χ2v) is 5.83. The molecule has 0 fully saturated rings. The Bertz CT molecular complexity index is 516. The Kier molecular flexibility index (Phi) is 5.43. The minimum atomic E-state index is -3.50. The molecule has 0 aromatic heterocycles. The summed E-state index contributed by atoms with van der Waals surface area (Å²) in [4.78, 5) is 10.9. The molecule has 0 saturated carbocycles. The number of carbonyl (C=O) groups excluding carboxylic acids is 1. The molecule has 1 aromatic rings. The Balaban J connectivity index is 2.55. The molecular formula is C11H14ClNO4S. The molecule has 0 spiro atoms. The molecule has 1 aromatic carbocycles. The third-order valence-electron chi connectivity index (χ3n) is 2.16. The first-order chi connectivity index (χ1) is 8.44. The van der Waals surface area contributed by atoms with Gasteiger partial charge in [-0.25, -0.2) is 8.42 Å². The van der Waals surface area contributed by atoms with Crippen molar-refractivity contribution < 1.29 is 17.9 Å². The Morgan fingerprint density at radius 3 is 2.67 bits per heavy atom. The van der Waals surface area contributed by atoms with Gasteiger partial charge in [0.2, 0.25) is 10.0 Å². The van der Waals surface area contributed by atoms with Crippen LogP contribution in [0, 0.1) is 0 Å². The molecule has 0 heterocycles. The normalized spacial score (nSPS) is 11.0. The first-order valence-corrected chi connectivity index (χ1v) is 7.29. The summed E-state index contributed by atoms with van der Waals surface area (Å²) in [6.07, 6.45) is 0.270. The Morgan fingerprint density at radius 1 is 1.39 bits per heavy atom. The molecule has 18 heavy (non-hydrogen) atoms. The van der Waals surface area contributed by atoms with Crippen LogP contribution in [0.2, 0.25) is 5.02 Å². The van der Waals surface area contributed by atoms with Crippen LogP contribution in [-0.2, 0) is 19.6 Å². The molecule has 0 atom stereocenters. The zero-order valence-corrected chi connectivity index (χ0v) is 11.4. The minimum Gasteiger partial charge on any atom is -0.469 e. The first-order valence-electron chi connectivity index (χ1n) is 5.26. The molecule has 0 saturated heterocycles. The van der Waals surface area contributed by atoms with Crippen molar-refractivity contribution >= 4 is 33.3 Å². The van der Waals surface area contributed by atoms with E-state index < -0.39 is 16.0 Å². The lowest BCUT2D eigenvalue weighted by atomic mass is 10.3. The number of nitrogens with one attached hydrogen (secondary N) is 1. The van der Waals surface area contributed by atoms with Crippen molar-refractivity contribution in [1.82, 2.24) is 0 Å². The molecule has 0 aliphatic heterocycles. The van der Waals surface area contributed by atoms with Gasteiger partial charge in [-0.05, 0) is 18.6 Å². The largest absolute Gasteiger partial charge is 0.469 e. The maximum atomic E-state index is 11.7. The number of ether oxygens (including phenoxy) is 1. The van der Waals surface area contributed by atoms with Crippen LogP contribution in [0.5, 0.6) is 0 Å². The molecule has 0 aliphatic rings. The molecule has 0 amide bonds. The number of anilines is 1. The summed E-state index contributed by atoms with van der Waals surface area (Å²) in [6.45, 7) is 0. The van der Waals surface area contributed by atoms with Gasteiger partial charge in [-0.1, -0.05) is 23.7 Å². The van der Waals surface area contributed by atoms with Crippen LogP contribution in [0.15, 0.2) is 24.3 Å². The summed E-state index contributed by atoms with van der Waals surface area (Å²) in [5.41, 5.74) is 0.331. The van der Waals surface area contributed by atoms with Crippen molar-refractivity contribution in [2.24, 2.45) is 0 Å². The zero-order valence-electron chi connectivity index (χ0n) is 9.85. The van der Waals surface area contributed by atoms with Crippen molar-refractivity contribution in [3.63, 3.8) is 0 Å². The average Bonchev–Trinajstić information content (AvgIpc) is 2.31. The van der Waals surface area contributed by atoms with Gasteiger partial charge in [0.15, 0.2) is 0 Å². The van der Waals surface area contributed by atoms with Gasteiger partial charge in [0.05, 0.1) is 23.6 Å². The molecule has 1 N–H and O–H groups in total. The van der Waals surface area contributed by atoms with Crippen LogP contribution in [0.3, 0.4) is 0 Å². The van der Waals surface area contributed by atoms with Crippen LogP contribution < -0.4 is 4.72 Å². The maximum absolute atomic E-state index is 11.7. The van der Waals surface area contributed by atoms with E-state index in [9.17, 15) is 13.2 Å². The molecule has 1 rings (SSSR count). The minimum absolute atomic E-state index is 0.0694. The number of benzene rings is 1. The topological polar surface area (TPSA) is 72.5 Å². The second kappa shape index (κ2) is 6.61. The Labute approximate surface area is 111 Å². The number of sulfonamides is 1. The van der Waals surface area contributed by atoms with Gasteiger partial charge in [0.1, 0.15) is 0 Å². The van der Waals surface area contributed by atoms with E-state index in [0.717, 1.165) is 0 Å². The fraction of sp³-hybridized carbons (Fsp3) is 0.364. The fourth-order valence-corrected chi connectivity index (χ4v) is 2.65. The molecule has 0 bridgehead atoms. The standard InChI is InChI=1S/C11H14ClNO4S/c1-17-11(14)7-4-8-18(15,16)13-10-6-3-2-5-9(10)12/h2-3,5-6,13H,4,7-8H2,1H3. The van der Waals surface area contributed by atoms with Crippen molar-refractivity contribution in [1.29, 1.82) is 0 Å². The quantitative estimate of drug-likeness (QED) is 0.814. The number of esters is 1. The van der Waals surface area contributed by atoms with Gasteiger partial charge in [-0.15, -0.1) is 0 Å². The van der Waals surface area contributed by atoms with Crippen molar-refractivity contribution in [3.05, 3.63) is 29.3 Å². The Morgan fingerprint density at radius 2 is 2.06 bits per heavy atom. The third kappa shape index (κ3) is 4.93. The lowest BCUT2D eigenvalue weighted by molar-refractivity contribution is -0.140. The van der Waals surface area contributed by atoms with Crippen LogP contribution >= 0.6 is 11.6 Å². The van der Waals surface area contributed by atoms with E-state index >= 15 is 0 Å². The Hall–Kier alpha value is -1.27. The number of carbonyl (C=O) groups is 1. The highest BCUT2D eigenvalue weighted by Crippen LogP contribution is 2.21. The van der Waals surface area contributed by atoms with Crippen LogP contribution in [0.25, 0.3) is 0 Å². The van der Waals surface area contributed by atoms with Crippen molar-refractivity contribution in [2.45, 2.75) is 12.8 Å². The lowest BCUT2D eigenvalue weighted by Gasteiger charge is -2.08. The van der Waals surface area contributed by atoms with Crippen molar-refractivity contribution in [3.8, 4) is 0 Å². The van der Waals surface area contributed by atoms with Gasteiger partial charge in [-0.3, -0.25) is 9.52 Å². The van der Waals surface area contributed by atoms with E-state index in [1.807, 2.05) is 0 Å². The van der Waals surface area contributed by atoms with Crippen LogP contribution in [0.1, 0.15) is 12.8 Å². The summed E-state index contributed by atoms with van der Waals surface area (Å²) < 4.78 is 30.2. The fourth-order valence-electron chi connectivity index (χ4n) is 1.27. The van der Waals surface area contributed by atoms with Gasteiger partial charge in [0, 0.05) is 6.42 Å². The summed E-state index contributed by atoms with van der Waals surface area (Å²) in [6, 6.07) is 6.55. The van der Waals surface area contributed by atoms with Crippen molar-refractivity contribution in [2.75, 3.05) is 17.6 Å². The van der Waals surface area contributed by atoms with E-state index in [1.165, 1.54) is 7.11 Å². The van der Waals surface area contributed by atoms with Crippen LogP contribution in [0.4, 0.5) is 5.69 Å². The highest BCUT2D eigenvalue weighted by Gasteiger charge is 2.13. The maximum Gasteiger partial charge on any atom is 0.305 e. The van der Waals surface area contributed by atoms with E-state index in [1.54, 1.807) is 24.3 Å². The van der Waals surface area contributed by atoms with E-state index in [-0.39, 0.29) is 18.6 Å². The predicted octanol–water partition coefficient (Wildman–Crippen LogP) is 2.03. The van der Waals surface area contributed by atoms with E-state index in [0.29, 0.717) is 10.7 Å². The smallest absolute Gasteiger partial charge is 0.305 e. The highest BCUT2D eigenvalue weighted by molar-refractivity contribution is 7.92. The zero-order chi connectivity index (χ0) is 13.6. The summed E-state index contributed by atoms with van der Waals surface area (Å²) in [7, 11) is -2.24. The van der Waals surface area contributed by atoms with E-state index in [4.69, 9.17) is 11.6 Å². The number of para-hydroxylation sites is 1. The summed E-state index contributed by atoms with van der Waals surface area (Å²) in [5, 5.41) is 0.328. The third-order valence-corrected chi connectivity index (χ3v) is 3.85. The average molecular weight is 292 g/mol. The number of halogens is 1. The molecule has 5 nitrogen and oxygen atoms in total. The number of hydrogen-bond acceptors (Lipinski definition) is 4. The molecule has 7 heteroatoms. The molecule has 0 radical (unpaired) electrons. The SMILES string of the molecule is COC(=O)CCCS(=O)(=O)Nc1ccccc1Cl. The summed E-state index contributed by atoms with van der Waals surface area (Å²) in [5.74, 6) is -0.587. The van der Waals surface area contributed by atoms with Gasteiger partial charge in [-0.2, -0.15) is 0 Å². The second-order valence-electron chi connectivity index (χ2n) is 3.58. The molecular weight excluding hydrogens is 278 g/mol.